The second-order valence-electron chi connectivity index (χ2n) is 5.30. The van der Waals surface area contributed by atoms with Crippen molar-refractivity contribution in [3.05, 3.63) is 0 Å². The predicted octanol–water partition coefficient (Wildman–Crippen LogP) is 3.02. The highest BCUT2D eigenvalue weighted by molar-refractivity contribution is 6.17. The zero-order valence-corrected chi connectivity index (χ0v) is 11.3. The molecule has 1 aliphatic heterocycles. The van der Waals surface area contributed by atoms with Crippen molar-refractivity contribution in [1.82, 2.24) is 4.90 Å². The van der Waals surface area contributed by atoms with Crippen LogP contribution in [0.2, 0.25) is 0 Å². The maximum atomic E-state index is 9.97. The topological polar surface area (TPSA) is 23.5 Å². The molecule has 0 aromatic rings. The molecule has 1 heterocycles. The van der Waals surface area contributed by atoms with Crippen molar-refractivity contribution in [2.45, 2.75) is 57.5 Å². The van der Waals surface area contributed by atoms with Crippen LogP contribution in [-0.2, 0) is 0 Å². The molecule has 1 fully saturated rings. The molecule has 0 aliphatic carbocycles. The molecule has 3 heteroatoms. The maximum Gasteiger partial charge on any atom is 0.0632 e. The summed E-state index contributed by atoms with van der Waals surface area (Å²) < 4.78 is 0. The van der Waals surface area contributed by atoms with Gasteiger partial charge in [-0.1, -0.05) is 12.8 Å². The first-order valence-electron chi connectivity index (χ1n) is 6.65. The molecule has 0 spiro atoms. The van der Waals surface area contributed by atoms with Gasteiger partial charge in [-0.05, 0) is 52.1 Å². The van der Waals surface area contributed by atoms with Crippen LogP contribution in [0.15, 0.2) is 0 Å². The quantitative estimate of drug-likeness (QED) is 0.576. The Hall–Kier alpha value is 0.210. The van der Waals surface area contributed by atoms with E-state index in [1.165, 1.54) is 25.8 Å². The van der Waals surface area contributed by atoms with Crippen molar-refractivity contribution in [1.29, 1.82) is 0 Å². The number of nitrogens with zero attached hydrogens (tertiary/aromatic N) is 1. The number of alkyl halides is 1. The van der Waals surface area contributed by atoms with E-state index in [1.807, 2.05) is 6.92 Å². The van der Waals surface area contributed by atoms with Gasteiger partial charge in [-0.25, -0.2) is 0 Å². The largest absolute Gasteiger partial charge is 0.390 e. The second-order valence-corrected chi connectivity index (χ2v) is 5.67. The molecule has 16 heavy (non-hydrogen) atoms. The van der Waals surface area contributed by atoms with Crippen LogP contribution < -0.4 is 0 Å². The van der Waals surface area contributed by atoms with Gasteiger partial charge in [0.1, 0.15) is 0 Å². The summed E-state index contributed by atoms with van der Waals surface area (Å²) in [5.41, 5.74) is -0.423. The zero-order valence-electron chi connectivity index (χ0n) is 10.6. The van der Waals surface area contributed by atoms with Crippen molar-refractivity contribution in [3.63, 3.8) is 0 Å². The molecule has 1 atom stereocenters. The van der Waals surface area contributed by atoms with Crippen molar-refractivity contribution in [2.24, 2.45) is 0 Å². The number of halogens is 1. The normalized spacial score (nSPS) is 27.9. The minimum Gasteiger partial charge on any atom is -0.390 e. The van der Waals surface area contributed by atoms with Crippen LogP contribution in [0.3, 0.4) is 0 Å². The molecule has 2 nitrogen and oxygen atoms in total. The van der Waals surface area contributed by atoms with E-state index in [0.29, 0.717) is 0 Å². The van der Waals surface area contributed by atoms with E-state index in [0.717, 1.165) is 44.7 Å². The summed E-state index contributed by atoms with van der Waals surface area (Å²) in [6.45, 7) is 5.38. The van der Waals surface area contributed by atoms with E-state index in [1.54, 1.807) is 0 Å². The Morgan fingerprint density at radius 3 is 2.62 bits per heavy atom. The summed E-state index contributed by atoms with van der Waals surface area (Å²) in [5, 5.41) is 9.97. The number of hydrogen-bond acceptors (Lipinski definition) is 2. The fraction of sp³-hybridized carbons (Fsp3) is 1.00. The highest BCUT2D eigenvalue weighted by Crippen LogP contribution is 2.21. The summed E-state index contributed by atoms with van der Waals surface area (Å²) in [7, 11) is 0. The first-order valence-corrected chi connectivity index (χ1v) is 7.18. The summed E-state index contributed by atoms with van der Waals surface area (Å²) in [4.78, 5) is 2.50. The Morgan fingerprint density at radius 1 is 1.12 bits per heavy atom. The molecule has 0 saturated carbocycles. The monoisotopic (exact) mass is 247 g/mol. The van der Waals surface area contributed by atoms with Crippen LogP contribution in [-0.4, -0.2) is 41.1 Å². The number of hydrogen-bond donors (Lipinski definition) is 1. The molecule has 1 unspecified atom stereocenters. The molecule has 0 aromatic heterocycles. The van der Waals surface area contributed by atoms with Crippen molar-refractivity contribution in [2.75, 3.05) is 25.5 Å². The molecular weight excluding hydrogens is 222 g/mol. The van der Waals surface area contributed by atoms with Crippen LogP contribution in [0.4, 0.5) is 0 Å². The van der Waals surface area contributed by atoms with E-state index in [4.69, 9.17) is 11.6 Å². The average molecular weight is 248 g/mol. The van der Waals surface area contributed by atoms with Gasteiger partial charge in [0.05, 0.1) is 5.60 Å². The summed E-state index contributed by atoms with van der Waals surface area (Å²) in [6, 6.07) is 0. The fourth-order valence-corrected chi connectivity index (χ4v) is 2.52. The van der Waals surface area contributed by atoms with Crippen LogP contribution in [0.1, 0.15) is 51.9 Å². The van der Waals surface area contributed by atoms with Gasteiger partial charge in [-0.15, -0.1) is 11.6 Å². The van der Waals surface area contributed by atoms with E-state index >= 15 is 0 Å². The number of rotatable bonds is 6. The first-order chi connectivity index (χ1) is 7.64. The van der Waals surface area contributed by atoms with Gasteiger partial charge in [0.15, 0.2) is 0 Å². The van der Waals surface area contributed by atoms with Crippen LogP contribution in [0, 0.1) is 0 Å². The Morgan fingerprint density at radius 2 is 1.88 bits per heavy atom. The molecule has 0 bridgehead atoms. The Labute approximate surface area is 105 Å². The molecule has 0 radical (unpaired) electrons. The smallest absolute Gasteiger partial charge is 0.0632 e. The minimum atomic E-state index is -0.423. The van der Waals surface area contributed by atoms with E-state index in [9.17, 15) is 5.11 Å². The first kappa shape index (κ1) is 14.3. The third-order valence-electron chi connectivity index (χ3n) is 3.51. The molecule has 1 N–H and O–H groups in total. The lowest BCUT2D eigenvalue weighted by Gasteiger charge is -2.22. The van der Waals surface area contributed by atoms with E-state index in [2.05, 4.69) is 4.90 Å². The Kier molecular flexibility index (Phi) is 6.71. The van der Waals surface area contributed by atoms with Gasteiger partial charge in [-0.3, -0.25) is 0 Å². The van der Waals surface area contributed by atoms with Crippen LogP contribution >= 0.6 is 11.6 Å². The van der Waals surface area contributed by atoms with Gasteiger partial charge in [0, 0.05) is 12.4 Å². The number of aliphatic hydroxyl groups is 1. The van der Waals surface area contributed by atoms with Gasteiger partial charge in [0.2, 0.25) is 0 Å². The summed E-state index contributed by atoms with van der Waals surface area (Å²) >= 11 is 5.64. The highest BCUT2D eigenvalue weighted by Gasteiger charge is 2.24. The summed E-state index contributed by atoms with van der Waals surface area (Å²) in [5.74, 6) is 0.798. The lowest BCUT2D eigenvalue weighted by atomic mass is 9.98. The van der Waals surface area contributed by atoms with Crippen LogP contribution in [0.5, 0.6) is 0 Å². The Balaban J connectivity index is 2.08. The molecule has 1 rings (SSSR count). The number of likely N-dealkylation sites (tertiary alicyclic amines) is 1. The van der Waals surface area contributed by atoms with Crippen molar-refractivity contribution in [3.8, 4) is 0 Å². The highest BCUT2D eigenvalue weighted by atomic mass is 35.5. The molecule has 1 saturated heterocycles. The van der Waals surface area contributed by atoms with Gasteiger partial charge in [0.25, 0.3) is 0 Å². The molecule has 96 valence electrons. The molecule has 1 aliphatic rings. The van der Waals surface area contributed by atoms with Gasteiger partial charge >= 0.3 is 0 Å². The second kappa shape index (κ2) is 7.52. The standard InChI is InChI=1S/C13H26ClNO/c1-13(16)7-6-11-15(12-8-13)10-5-3-2-4-9-14/h16H,2-12H2,1H3. The Bertz CT molecular complexity index is 185. The van der Waals surface area contributed by atoms with E-state index in [-0.39, 0.29) is 0 Å². The van der Waals surface area contributed by atoms with Crippen molar-refractivity contribution < 1.29 is 5.11 Å². The molecule has 0 amide bonds. The molecular formula is C13H26ClNO. The lowest BCUT2D eigenvalue weighted by molar-refractivity contribution is 0.0446. The minimum absolute atomic E-state index is 0.423. The third-order valence-corrected chi connectivity index (χ3v) is 3.78. The summed E-state index contributed by atoms with van der Waals surface area (Å²) in [6.07, 6.45) is 7.99. The predicted molar refractivity (Wildman–Crippen MR) is 70.1 cm³/mol. The molecule has 0 aromatic carbocycles. The SMILES string of the molecule is CC1(O)CCCN(CCCCCCCl)CC1. The lowest BCUT2D eigenvalue weighted by Crippen LogP contribution is -2.29. The van der Waals surface area contributed by atoms with Gasteiger partial charge in [-0.2, -0.15) is 0 Å². The zero-order chi connectivity index (χ0) is 11.9. The average Bonchev–Trinajstić information content (AvgIpc) is 2.40. The third kappa shape index (κ3) is 6.07. The van der Waals surface area contributed by atoms with Crippen molar-refractivity contribution >= 4 is 11.6 Å². The fourth-order valence-electron chi connectivity index (χ4n) is 2.33. The van der Waals surface area contributed by atoms with Crippen LogP contribution in [0.25, 0.3) is 0 Å². The number of unbranched alkanes of at least 4 members (excludes halogenated alkanes) is 3. The van der Waals surface area contributed by atoms with Gasteiger partial charge < -0.3 is 10.0 Å². The maximum absolute atomic E-state index is 9.97. The van der Waals surface area contributed by atoms with E-state index < -0.39 is 5.60 Å².